The van der Waals surface area contributed by atoms with Gasteiger partial charge in [0, 0.05) is 13.0 Å². The Balaban J connectivity index is 2.41. The zero-order valence-electron chi connectivity index (χ0n) is 8.11. The third-order valence-electron chi connectivity index (χ3n) is 1.53. The summed E-state index contributed by atoms with van der Waals surface area (Å²) in [4.78, 5) is 20.8. The average Bonchev–Trinajstić information content (AvgIpc) is 2.64. The van der Waals surface area contributed by atoms with Crippen molar-refractivity contribution in [2.45, 2.75) is 12.6 Å². The quantitative estimate of drug-likeness (QED) is 0.828. The number of carbonyl (C=O) groups is 2. The topological polar surface area (TPSA) is 92.2 Å². The van der Waals surface area contributed by atoms with E-state index in [9.17, 15) is 22.8 Å². The predicted molar refractivity (Wildman–Crippen MR) is 49.6 cm³/mol. The maximum atomic E-state index is 11.8. The van der Waals surface area contributed by atoms with Gasteiger partial charge in [0.25, 0.3) is 0 Å². The minimum Gasteiger partial charge on any atom is -0.476 e. The maximum absolute atomic E-state index is 11.8. The van der Waals surface area contributed by atoms with Crippen LogP contribution in [-0.4, -0.2) is 39.9 Å². The van der Waals surface area contributed by atoms with Gasteiger partial charge in [-0.15, -0.1) is 10.2 Å². The first kappa shape index (κ1) is 13.4. The number of aromatic carboxylic acids is 1. The van der Waals surface area contributed by atoms with E-state index in [0.29, 0.717) is 0 Å². The third-order valence-corrected chi connectivity index (χ3v) is 2.50. The average molecular weight is 269 g/mol. The van der Waals surface area contributed by atoms with E-state index in [0.717, 1.165) is 11.3 Å². The van der Waals surface area contributed by atoms with Crippen LogP contribution in [0, 0.1) is 0 Å². The SMILES string of the molecule is O=C(O)c1nnc(CCNC(=O)C(F)(F)F)s1. The van der Waals surface area contributed by atoms with Gasteiger partial charge < -0.3 is 10.4 Å². The maximum Gasteiger partial charge on any atom is 0.471 e. The molecule has 94 valence electrons. The van der Waals surface area contributed by atoms with E-state index in [1.165, 1.54) is 0 Å². The molecule has 1 heterocycles. The molecule has 0 bridgehead atoms. The molecule has 1 aromatic heterocycles. The Labute approximate surface area is 96.5 Å². The molecule has 0 saturated carbocycles. The van der Waals surface area contributed by atoms with E-state index < -0.39 is 18.1 Å². The van der Waals surface area contributed by atoms with Gasteiger partial charge in [-0.2, -0.15) is 13.2 Å². The minimum absolute atomic E-state index is 0.00718. The molecule has 10 heteroatoms. The van der Waals surface area contributed by atoms with E-state index in [4.69, 9.17) is 5.11 Å². The Hall–Kier alpha value is -1.71. The van der Waals surface area contributed by atoms with Crippen molar-refractivity contribution in [1.82, 2.24) is 15.5 Å². The summed E-state index contributed by atoms with van der Waals surface area (Å²) < 4.78 is 35.3. The van der Waals surface area contributed by atoms with Crippen molar-refractivity contribution in [3.63, 3.8) is 0 Å². The van der Waals surface area contributed by atoms with Crippen LogP contribution >= 0.6 is 11.3 Å². The van der Waals surface area contributed by atoms with E-state index in [-0.39, 0.29) is 23.0 Å². The van der Waals surface area contributed by atoms with E-state index in [1.807, 2.05) is 0 Å². The van der Waals surface area contributed by atoms with Crippen LogP contribution < -0.4 is 5.32 Å². The number of halogens is 3. The second-order valence-corrected chi connectivity index (χ2v) is 3.87. The van der Waals surface area contributed by atoms with Crippen molar-refractivity contribution < 1.29 is 27.9 Å². The number of carbonyl (C=O) groups excluding carboxylic acids is 1. The van der Waals surface area contributed by atoms with Gasteiger partial charge in [-0.25, -0.2) is 4.79 Å². The summed E-state index contributed by atoms with van der Waals surface area (Å²) in [6, 6.07) is 0. The van der Waals surface area contributed by atoms with E-state index >= 15 is 0 Å². The van der Waals surface area contributed by atoms with E-state index in [2.05, 4.69) is 10.2 Å². The van der Waals surface area contributed by atoms with Gasteiger partial charge in [-0.05, 0) is 0 Å². The zero-order valence-corrected chi connectivity index (χ0v) is 8.93. The minimum atomic E-state index is -4.92. The summed E-state index contributed by atoms with van der Waals surface area (Å²) in [5.41, 5.74) is 0. The summed E-state index contributed by atoms with van der Waals surface area (Å²) >= 11 is 0.746. The first-order valence-corrected chi connectivity index (χ1v) is 5.03. The van der Waals surface area contributed by atoms with Crippen LogP contribution in [-0.2, 0) is 11.2 Å². The lowest BCUT2D eigenvalue weighted by Crippen LogP contribution is -2.37. The lowest BCUT2D eigenvalue weighted by Gasteiger charge is -2.05. The molecule has 0 saturated heterocycles. The number of hydrogen-bond acceptors (Lipinski definition) is 5. The molecular formula is C7H6F3N3O3S. The van der Waals surface area contributed by atoms with Crippen LogP contribution in [0.15, 0.2) is 0 Å². The molecule has 0 fully saturated rings. The normalized spacial score (nSPS) is 11.2. The molecule has 0 aliphatic carbocycles. The number of amides is 1. The molecule has 2 N–H and O–H groups in total. The van der Waals surface area contributed by atoms with Crippen LogP contribution in [0.25, 0.3) is 0 Å². The number of carboxylic acids is 1. The van der Waals surface area contributed by atoms with Crippen LogP contribution in [0.1, 0.15) is 14.8 Å². The summed E-state index contributed by atoms with van der Waals surface area (Å²) in [5.74, 6) is -3.30. The Bertz CT molecular complexity index is 431. The number of hydrogen-bond donors (Lipinski definition) is 2. The van der Waals surface area contributed by atoms with Crippen LogP contribution in [0.5, 0.6) is 0 Å². The number of aromatic nitrogens is 2. The van der Waals surface area contributed by atoms with Gasteiger partial charge >= 0.3 is 18.1 Å². The van der Waals surface area contributed by atoms with Crippen LogP contribution in [0.2, 0.25) is 0 Å². The standard InChI is InChI=1S/C7H6F3N3O3S/c8-7(9,10)6(16)11-2-1-3-12-13-4(17-3)5(14)15/h1-2H2,(H,11,16)(H,14,15). The van der Waals surface area contributed by atoms with Crippen molar-refractivity contribution in [3.8, 4) is 0 Å². The fourth-order valence-corrected chi connectivity index (χ4v) is 1.50. The number of rotatable bonds is 4. The van der Waals surface area contributed by atoms with Crippen LogP contribution in [0.4, 0.5) is 13.2 Å². The molecule has 0 aliphatic rings. The van der Waals surface area contributed by atoms with Gasteiger partial charge in [-0.1, -0.05) is 11.3 Å². The predicted octanol–water partition coefficient (Wildman–Crippen LogP) is 0.457. The molecule has 0 spiro atoms. The van der Waals surface area contributed by atoms with Crippen molar-refractivity contribution >= 4 is 23.2 Å². The molecule has 1 amide bonds. The Kier molecular flexibility index (Phi) is 3.99. The van der Waals surface area contributed by atoms with Crippen LogP contribution in [0.3, 0.4) is 0 Å². The molecule has 1 rings (SSSR count). The smallest absolute Gasteiger partial charge is 0.471 e. The largest absolute Gasteiger partial charge is 0.476 e. The van der Waals surface area contributed by atoms with Gasteiger partial charge in [0.15, 0.2) is 0 Å². The van der Waals surface area contributed by atoms with Gasteiger partial charge in [0.2, 0.25) is 5.01 Å². The summed E-state index contributed by atoms with van der Waals surface area (Å²) in [5, 5.41) is 16.9. The number of nitrogens with one attached hydrogen (secondary N) is 1. The Morgan fingerprint density at radius 1 is 1.35 bits per heavy atom. The fourth-order valence-electron chi connectivity index (χ4n) is 0.824. The molecule has 0 atom stereocenters. The number of nitrogens with zero attached hydrogens (tertiary/aromatic N) is 2. The fraction of sp³-hybridized carbons (Fsp3) is 0.429. The monoisotopic (exact) mass is 269 g/mol. The molecule has 6 nitrogen and oxygen atoms in total. The highest BCUT2D eigenvalue weighted by atomic mass is 32.1. The van der Waals surface area contributed by atoms with Crippen molar-refractivity contribution in [1.29, 1.82) is 0 Å². The highest BCUT2D eigenvalue weighted by Crippen LogP contribution is 2.14. The molecule has 0 aromatic carbocycles. The number of alkyl halides is 3. The molecule has 0 radical (unpaired) electrons. The van der Waals surface area contributed by atoms with Crippen molar-refractivity contribution in [2.75, 3.05) is 6.54 Å². The first-order valence-electron chi connectivity index (χ1n) is 4.21. The van der Waals surface area contributed by atoms with Gasteiger partial charge in [0.05, 0.1) is 0 Å². The molecule has 0 aliphatic heterocycles. The first-order chi connectivity index (χ1) is 7.80. The van der Waals surface area contributed by atoms with Gasteiger partial charge in [0.1, 0.15) is 5.01 Å². The molecule has 17 heavy (non-hydrogen) atoms. The van der Waals surface area contributed by atoms with Crippen molar-refractivity contribution in [3.05, 3.63) is 10.0 Å². The second kappa shape index (κ2) is 5.08. The van der Waals surface area contributed by atoms with E-state index in [1.54, 1.807) is 5.32 Å². The summed E-state index contributed by atoms with van der Waals surface area (Å²) in [7, 11) is 0. The summed E-state index contributed by atoms with van der Waals surface area (Å²) in [6.45, 7) is -0.285. The van der Waals surface area contributed by atoms with Crippen molar-refractivity contribution in [2.24, 2.45) is 0 Å². The zero-order chi connectivity index (χ0) is 13.1. The van der Waals surface area contributed by atoms with Gasteiger partial charge in [-0.3, -0.25) is 4.79 Å². The Morgan fingerprint density at radius 3 is 2.47 bits per heavy atom. The molecular weight excluding hydrogens is 263 g/mol. The lowest BCUT2D eigenvalue weighted by molar-refractivity contribution is -0.173. The summed E-state index contributed by atoms with van der Waals surface area (Å²) in [6.07, 6.45) is -4.93. The molecule has 1 aromatic rings. The second-order valence-electron chi connectivity index (χ2n) is 2.81. The highest BCUT2D eigenvalue weighted by Gasteiger charge is 2.38. The third kappa shape index (κ3) is 3.98. The highest BCUT2D eigenvalue weighted by molar-refractivity contribution is 7.13. The molecule has 0 unspecified atom stereocenters. The Morgan fingerprint density at radius 2 is 2.00 bits per heavy atom. The number of carboxylic acid groups (broad SMARTS) is 1. The lowest BCUT2D eigenvalue weighted by atomic mass is 10.4.